The van der Waals surface area contributed by atoms with Gasteiger partial charge in [0, 0.05) is 34.2 Å². The van der Waals surface area contributed by atoms with Crippen LogP contribution in [0.1, 0.15) is 6.92 Å². The predicted octanol–water partition coefficient (Wildman–Crippen LogP) is -0.669. The molecular weight excluding hydrogens is 282 g/mol. The molecule has 1 rings (SSSR count). The van der Waals surface area contributed by atoms with Gasteiger partial charge in [-0.3, -0.25) is 0 Å². The van der Waals surface area contributed by atoms with E-state index in [0.29, 0.717) is 24.4 Å². The van der Waals surface area contributed by atoms with E-state index in [9.17, 15) is 8.42 Å². The topological polar surface area (TPSA) is 112 Å². The van der Waals surface area contributed by atoms with Gasteiger partial charge in [-0.1, -0.05) is 6.92 Å². The van der Waals surface area contributed by atoms with Gasteiger partial charge in [0.15, 0.2) is 0 Å². The minimum Gasteiger partial charge on any atom is -0.357 e. The van der Waals surface area contributed by atoms with Crippen LogP contribution in [0.2, 0.25) is 0 Å². The van der Waals surface area contributed by atoms with E-state index in [1.807, 2.05) is 14.1 Å². The fraction of sp³-hybridized carbons (Fsp3) is 0.700. The molecule has 0 aromatic carbocycles. The Morgan fingerprint density at radius 3 is 2.35 bits per heavy atom. The highest BCUT2D eigenvalue weighted by atomic mass is 32.2. The lowest BCUT2D eigenvalue weighted by Gasteiger charge is -2.13. The van der Waals surface area contributed by atoms with Crippen LogP contribution in [-0.2, 0) is 10.0 Å². The summed E-state index contributed by atoms with van der Waals surface area (Å²) in [6, 6.07) is 0. The van der Waals surface area contributed by atoms with E-state index in [1.165, 1.54) is 0 Å². The van der Waals surface area contributed by atoms with Gasteiger partial charge in [0.25, 0.3) is 0 Å². The molecule has 10 heteroatoms. The number of hydrogen-bond donors (Lipinski definition) is 3. The van der Waals surface area contributed by atoms with Crippen LogP contribution in [0.4, 0.5) is 17.8 Å². The standard InChI is InChI=1S/C10H21N7O2S/c1-5-13-20(18,19)7-6-12-9-14-8(11-2)15-10(16-9)17(3)4/h13H,5-7H2,1-4H3,(H2,11,12,14,15,16). The Hall–Kier alpha value is -1.68. The molecule has 0 amide bonds. The smallest absolute Gasteiger partial charge is 0.231 e. The van der Waals surface area contributed by atoms with Gasteiger partial charge in [0.1, 0.15) is 0 Å². The molecule has 9 nitrogen and oxygen atoms in total. The Morgan fingerprint density at radius 2 is 1.80 bits per heavy atom. The van der Waals surface area contributed by atoms with Crippen molar-refractivity contribution in [3.8, 4) is 0 Å². The number of hydrogen-bond acceptors (Lipinski definition) is 8. The van der Waals surface area contributed by atoms with Crippen molar-refractivity contribution in [2.75, 3.05) is 55.5 Å². The summed E-state index contributed by atoms with van der Waals surface area (Å²) in [6.07, 6.45) is 0. The summed E-state index contributed by atoms with van der Waals surface area (Å²) in [5.74, 6) is 1.19. The van der Waals surface area contributed by atoms with E-state index in [4.69, 9.17) is 0 Å². The molecule has 1 aromatic rings. The first-order valence-electron chi connectivity index (χ1n) is 6.20. The largest absolute Gasteiger partial charge is 0.357 e. The van der Waals surface area contributed by atoms with Crippen LogP contribution in [0.3, 0.4) is 0 Å². The molecule has 1 aromatic heterocycles. The molecule has 20 heavy (non-hydrogen) atoms. The number of aromatic nitrogens is 3. The van der Waals surface area contributed by atoms with Crippen LogP contribution in [0.5, 0.6) is 0 Å². The molecule has 0 saturated carbocycles. The molecule has 1 heterocycles. The fourth-order valence-corrected chi connectivity index (χ4v) is 2.30. The Kier molecular flexibility index (Phi) is 5.89. The molecule has 0 unspecified atom stereocenters. The van der Waals surface area contributed by atoms with Crippen molar-refractivity contribution in [2.45, 2.75) is 6.92 Å². The lowest BCUT2D eigenvalue weighted by Crippen LogP contribution is -2.29. The highest BCUT2D eigenvalue weighted by Crippen LogP contribution is 2.10. The first kappa shape index (κ1) is 16.4. The maximum Gasteiger partial charge on any atom is 0.231 e. The second kappa shape index (κ2) is 7.20. The van der Waals surface area contributed by atoms with Crippen molar-refractivity contribution in [1.29, 1.82) is 0 Å². The Morgan fingerprint density at radius 1 is 1.15 bits per heavy atom. The molecule has 0 aliphatic carbocycles. The van der Waals surface area contributed by atoms with E-state index in [2.05, 4.69) is 30.3 Å². The molecule has 0 atom stereocenters. The van der Waals surface area contributed by atoms with Crippen LogP contribution in [0.15, 0.2) is 0 Å². The molecule has 0 fully saturated rings. The van der Waals surface area contributed by atoms with E-state index in [0.717, 1.165) is 0 Å². The Balaban J connectivity index is 2.70. The first-order valence-corrected chi connectivity index (χ1v) is 7.85. The molecule has 0 aliphatic rings. The predicted molar refractivity (Wildman–Crippen MR) is 79.7 cm³/mol. The van der Waals surface area contributed by atoms with Crippen molar-refractivity contribution < 1.29 is 8.42 Å². The summed E-state index contributed by atoms with van der Waals surface area (Å²) in [5, 5.41) is 5.71. The van der Waals surface area contributed by atoms with Gasteiger partial charge in [0.2, 0.25) is 27.9 Å². The molecule has 0 spiro atoms. The average molecular weight is 303 g/mol. The van der Waals surface area contributed by atoms with Crippen molar-refractivity contribution >= 4 is 27.9 Å². The van der Waals surface area contributed by atoms with E-state index < -0.39 is 10.0 Å². The second-order valence-corrected chi connectivity index (χ2v) is 6.10. The summed E-state index contributed by atoms with van der Waals surface area (Å²) in [6.45, 7) is 2.33. The average Bonchev–Trinajstić information content (AvgIpc) is 2.37. The lowest BCUT2D eigenvalue weighted by molar-refractivity contribution is 0.584. The Bertz CT molecular complexity index is 532. The fourth-order valence-electron chi connectivity index (χ4n) is 1.34. The zero-order valence-corrected chi connectivity index (χ0v) is 13.0. The van der Waals surface area contributed by atoms with Gasteiger partial charge in [-0.25, -0.2) is 13.1 Å². The van der Waals surface area contributed by atoms with Crippen LogP contribution in [0.25, 0.3) is 0 Å². The van der Waals surface area contributed by atoms with Crippen LogP contribution >= 0.6 is 0 Å². The van der Waals surface area contributed by atoms with Gasteiger partial charge < -0.3 is 15.5 Å². The number of sulfonamides is 1. The van der Waals surface area contributed by atoms with Crippen LogP contribution in [-0.4, -0.2) is 63.4 Å². The zero-order chi connectivity index (χ0) is 15.2. The number of nitrogens with one attached hydrogen (secondary N) is 3. The van der Waals surface area contributed by atoms with Crippen LogP contribution < -0.4 is 20.3 Å². The molecule has 0 bridgehead atoms. The third-order valence-corrected chi connectivity index (χ3v) is 3.74. The highest BCUT2D eigenvalue weighted by molar-refractivity contribution is 7.89. The van der Waals surface area contributed by atoms with Crippen molar-refractivity contribution in [1.82, 2.24) is 19.7 Å². The highest BCUT2D eigenvalue weighted by Gasteiger charge is 2.10. The van der Waals surface area contributed by atoms with Crippen molar-refractivity contribution in [3.05, 3.63) is 0 Å². The summed E-state index contributed by atoms with van der Waals surface area (Å²) in [5.41, 5.74) is 0. The van der Waals surface area contributed by atoms with Crippen molar-refractivity contribution in [3.63, 3.8) is 0 Å². The van der Waals surface area contributed by atoms with Crippen LogP contribution in [0, 0.1) is 0 Å². The molecule has 0 radical (unpaired) electrons. The maximum absolute atomic E-state index is 11.5. The second-order valence-electron chi connectivity index (χ2n) is 4.17. The molecule has 114 valence electrons. The monoisotopic (exact) mass is 303 g/mol. The first-order chi connectivity index (χ1) is 9.38. The quantitative estimate of drug-likeness (QED) is 0.580. The normalized spacial score (nSPS) is 11.2. The van der Waals surface area contributed by atoms with E-state index in [1.54, 1.807) is 18.9 Å². The van der Waals surface area contributed by atoms with Crippen molar-refractivity contribution in [2.24, 2.45) is 0 Å². The minimum atomic E-state index is -3.25. The number of nitrogens with zero attached hydrogens (tertiary/aromatic N) is 4. The molecular formula is C10H21N7O2S. The van der Waals surface area contributed by atoms with Gasteiger partial charge in [0.05, 0.1) is 5.75 Å². The number of rotatable bonds is 8. The van der Waals surface area contributed by atoms with Gasteiger partial charge >= 0.3 is 0 Å². The SMILES string of the molecule is CCNS(=O)(=O)CCNc1nc(NC)nc(N(C)C)n1. The minimum absolute atomic E-state index is 0.0429. The van der Waals surface area contributed by atoms with Gasteiger partial charge in [-0.2, -0.15) is 15.0 Å². The molecule has 0 aliphatic heterocycles. The lowest BCUT2D eigenvalue weighted by atomic mass is 10.7. The summed E-state index contributed by atoms with van der Waals surface area (Å²) >= 11 is 0. The summed E-state index contributed by atoms with van der Waals surface area (Å²) in [7, 11) is 2.08. The van der Waals surface area contributed by atoms with E-state index >= 15 is 0 Å². The summed E-state index contributed by atoms with van der Waals surface area (Å²) < 4.78 is 25.4. The maximum atomic E-state index is 11.5. The van der Waals surface area contributed by atoms with Gasteiger partial charge in [-0.05, 0) is 0 Å². The zero-order valence-electron chi connectivity index (χ0n) is 12.1. The molecule has 0 saturated heterocycles. The molecule has 3 N–H and O–H groups in total. The van der Waals surface area contributed by atoms with E-state index in [-0.39, 0.29) is 12.3 Å². The van der Waals surface area contributed by atoms with Gasteiger partial charge in [-0.15, -0.1) is 0 Å². The summed E-state index contributed by atoms with van der Waals surface area (Å²) in [4.78, 5) is 14.2. The Labute approximate surface area is 119 Å². The third kappa shape index (κ3) is 5.13. The number of anilines is 3. The third-order valence-electron chi connectivity index (χ3n) is 2.27.